The Hall–Kier alpha value is -4.05. The molecule has 0 aliphatic carbocycles. The van der Waals surface area contributed by atoms with Crippen LogP contribution in [0.3, 0.4) is 0 Å². The van der Waals surface area contributed by atoms with Crippen LogP contribution in [0.4, 0.5) is 14.5 Å². The van der Waals surface area contributed by atoms with Crippen molar-refractivity contribution in [2.75, 3.05) is 12.4 Å². The van der Waals surface area contributed by atoms with Gasteiger partial charge in [-0.1, -0.05) is 11.6 Å². The first-order chi connectivity index (χ1) is 17.0. The van der Waals surface area contributed by atoms with Gasteiger partial charge >= 0.3 is 0 Å². The van der Waals surface area contributed by atoms with Gasteiger partial charge in [0.05, 0.1) is 17.8 Å². The summed E-state index contributed by atoms with van der Waals surface area (Å²) in [6.07, 6.45) is 4.91. The van der Waals surface area contributed by atoms with Crippen molar-refractivity contribution in [2.45, 2.75) is 20.1 Å². The molecule has 8 nitrogen and oxygen atoms in total. The summed E-state index contributed by atoms with van der Waals surface area (Å²) in [4.78, 5) is 27.4. The van der Waals surface area contributed by atoms with Crippen LogP contribution in [0, 0.1) is 18.6 Å². The molecule has 2 N–H and O–H groups in total. The summed E-state index contributed by atoms with van der Waals surface area (Å²) in [6.45, 7) is 6.09. The quantitative estimate of drug-likeness (QED) is 0.363. The second-order valence-corrected chi connectivity index (χ2v) is 7.35. The first kappa shape index (κ1) is 27.2. The van der Waals surface area contributed by atoms with Crippen molar-refractivity contribution in [1.82, 2.24) is 15.0 Å². The van der Waals surface area contributed by atoms with Crippen LogP contribution in [-0.2, 0) is 22.7 Å². The number of aryl methyl sites for hydroxylation is 1. The molecule has 184 valence electrons. The molecule has 0 radical (unpaired) electrons. The van der Waals surface area contributed by atoms with E-state index in [1.54, 1.807) is 12.3 Å². The first-order valence-electron chi connectivity index (χ1n) is 9.99. The van der Waals surface area contributed by atoms with Crippen LogP contribution >= 0.6 is 11.6 Å². The van der Waals surface area contributed by atoms with Crippen molar-refractivity contribution >= 4 is 41.9 Å². The third-order valence-corrected chi connectivity index (χ3v) is 4.99. The van der Waals surface area contributed by atoms with Crippen LogP contribution < -0.4 is 14.8 Å². The molecule has 4 rings (SSSR count). The summed E-state index contributed by atoms with van der Waals surface area (Å²) in [6, 6.07) is 5.99. The van der Waals surface area contributed by atoms with E-state index in [0.717, 1.165) is 22.7 Å². The lowest BCUT2D eigenvalue weighted by Gasteiger charge is -2.14. The van der Waals surface area contributed by atoms with E-state index in [0.29, 0.717) is 22.0 Å². The minimum absolute atomic E-state index is 0.0309. The number of benzene rings is 1. The predicted molar refractivity (Wildman–Crippen MR) is 129 cm³/mol. The molecule has 3 heterocycles. The summed E-state index contributed by atoms with van der Waals surface area (Å²) in [5, 5.41) is 4.26. The number of carbonyl (C=O) groups is 2. The number of ether oxygens (including phenoxy) is 2. The number of hydrogen-bond acceptors (Lipinski definition) is 7. The molecule has 0 fully saturated rings. The number of fused-ring (bicyclic) bond motifs is 1. The Bertz CT molecular complexity index is 1280. The molecule has 0 saturated heterocycles. The average Bonchev–Trinajstić information content (AvgIpc) is 3.26. The van der Waals surface area contributed by atoms with Crippen molar-refractivity contribution in [1.29, 1.82) is 0 Å². The zero-order valence-corrected chi connectivity index (χ0v) is 19.8. The van der Waals surface area contributed by atoms with Crippen LogP contribution in [0.5, 0.6) is 11.6 Å². The molecule has 1 aromatic carbocycles. The Labute approximate surface area is 205 Å². The normalized spacial score (nSPS) is 9.97. The lowest BCUT2D eigenvalue weighted by Crippen LogP contribution is -2.07. The summed E-state index contributed by atoms with van der Waals surface area (Å²) in [5.74, 6) is -1.73. The van der Waals surface area contributed by atoms with Gasteiger partial charge in [0.25, 0.3) is 0 Å². The number of aromatic nitrogens is 3. The van der Waals surface area contributed by atoms with E-state index in [9.17, 15) is 8.78 Å². The number of nitrogens with one attached hydrogen (secondary N) is 2. The number of methoxy groups -OCH3 is 1. The van der Waals surface area contributed by atoms with E-state index in [4.69, 9.17) is 30.7 Å². The van der Waals surface area contributed by atoms with Crippen LogP contribution in [0.1, 0.15) is 16.7 Å². The molecule has 0 unspecified atom stereocenters. The van der Waals surface area contributed by atoms with Crippen molar-refractivity contribution in [3.63, 3.8) is 0 Å². The Morgan fingerprint density at radius 2 is 1.86 bits per heavy atom. The van der Waals surface area contributed by atoms with Crippen LogP contribution in [0.15, 0.2) is 42.9 Å². The number of pyridine rings is 2. The molecule has 11 heteroatoms. The van der Waals surface area contributed by atoms with Crippen LogP contribution in [-0.4, -0.2) is 35.6 Å². The molecule has 0 aliphatic rings. The fourth-order valence-electron chi connectivity index (χ4n) is 3.18. The van der Waals surface area contributed by atoms with Crippen molar-refractivity contribution in [2.24, 2.45) is 0 Å². The molecular weight excluding hydrogens is 482 g/mol. The van der Waals surface area contributed by atoms with Crippen molar-refractivity contribution in [3.05, 3.63) is 76.2 Å². The number of halogens is 3. The molecular formula is C24H23ClF2N4O4. The van der Waals surface area contributed by atoms with Gasteiger partial charge in [0.15, 0.2) is 17.4 Å². The standard InChI is InChI=1S/C22H19ClF2N4O2.2CH2O/c1-12-7-27-21-16(12)5-13(8-28-21)11-31-20-17(24)3-4-18(19(20)25)26-9-14-6-15(23)10-29-22(14)30-2;2*1-2/h3-8,10,26H,9,11H2,1-2H3,(H,27,28);2*1H2. The highest BCUT2D eigenvalue weighted by atomic mass is 35.5. The molecule has 0 atom stereocenters. The maximum atomic E-state index is 14.9. The fraction of sp³-hybridized carbons (Fsp3) is 0.167. The zero-order valence-electron chi connectivity index (χ0n) is 19.0. The largest absolute Gasteiger partial charge is 0.483 e. The Morgan fingerprint density at radius 3 is 2.57 bits per heavy atom. The number of carbonyl (C=O) groups excluding carboxylic acids is 2. The molecule has 0 saturated carbocycles. The molecule has 0 spiro atoms. The van der Waals surface area contributed by atoms with Gasteiger partial charge in [-0.25, -0.2) is 18.7 Å². The Morgan fingerprint density at radius 1 is 1.11 bits per heavy atom. The van der Waals surface area contributed by atoms with Gasteiger partial charge in [0, 0.05) is 41.6 Å². The second-order valence-electron chi connectivity index (χ2n) is 6.91. The summed E-state index contributed by atoms with van der Waals surface area (Å²) in [5.41, 5.74) is 3.17. The fourth-order valence-corrected chi connectivity index (χ4v) is 3.36. The average molecular weight is 505 g/mol. The highest BCUT2D eigenvalue weighted by Gasteiger charge is 2.16. The first-order valence-corrected chi connectivity index (χ1v) is 10.4. The number of hydrogen-bond donors (Lipinski definition) is 2. The van der Waals surface area contributed by atoms with E-state index >= 15 is 0 Å². The lowest BCUT2D eigenvalue weighted by atomic mass is 10.2. The van der Waals surface area contributed by atoms with Crippen molar-refractivity contribution < 1.29 is 27.8 Å². The molecule has 35 heavy (non-hydrogen) atoms. The Kier molecular flexibility index (Phi) is 10.1. The Balaban J connectivity index is 0.00000103. The van der Waals surface area contributed by atoms with Gasteiger partial charge in [-0.05, 0) is 36.8 Å². The van der Waals surface area contributed by atoms with Crippen molar-refractivity contribution in [3.8, 4) is 11.6 Å². The van der Waals surface area contributed by atoms with E-state index in [1.807, 2.05) is 32.8 Å². The molecule has 4 aromatic rings. The SMILES string of the molecule is C=O.C=O.COc1ncc(Cl)cc1CNc1ccc(F)c(OCc2cnc3[nH]cc(C)c3c2)c1F. The third kappa shape index (κ3) is 6.51. The van der Waals surface area contributed by atoms with Crippen LogP contribution in [0.2, 0.25) is 5.02 Å². The second kappa shape index (κ2) is 13.0. The van der Waals surface area contributed by atoms with Gasteiger partial charge in [-0.3, -0.25) is 0 Å². The number of anilines is 1. The minimum atomic E-state index is -0.833. The number of rotatable bonds is 7. The smallest absolute Gasteiger partial charge is 0.218 e. The van der Waals surface area contributed by atoms with Gasteiger partial charge in [-0.2, -0.15) is 0 Å². The third-order valence-electron chi connectivity index (χ3n) is 4.78. The molecule has 0 aliphatic heterocycles. The van der Waals surface area contributed by atoms with Gasteiger partial charge in [0.1, 0.15) is 25.8 Å². The van der Waals surface area contributed by atoms with Crippen LogP contribution in [0.25, 0.3) is 11.0 Å². The maximum absolute atomic E-state index is 14.9. The summed E-state index contributed by atoms with van der Waals surface area (Å²) < 4.78 is 39.9. The van der Waals surface area contributed by atoms with Gasteiger partial charge < -0.3 is 29.4 Å². The van der Waals surface area contributed by atoms with Gasteiger partial charge in [-0.15, -0.1) is 0 Å². The number of nitrogens with zero attached hydrogens (tertiary/aromatic N) is 2. The number of aromatic amines is 1. The topological polar surface area (TPSA) is 106 Å². The minimum Gasteiger partial charge on any atom is -0.483 e. The highest BCUT2D eigenvalue weighted by molar-refractivity contribution is 6.30. The lowest BCUT2D eigenvalue weighted by molar-refractivity contribution is -0.0987. The van der Waals surface area contributed by atoms with E-state index in [-0.39, 0.29) is 18.8 Å². The van der Waals surface area contributed by atoms with E-state index < -0.39 is 17.4 Å². The highest BCUT2D eigenvalue weighted by Crippen LogP contribution is 2.30. The zero-order chi connectivity index (χ0) is 26.0. The van der Waals surface area contributed by atoms with E-state index in [2.05, 4.69) is 20.3 Å². The monoisotopic (exact) mass is 504 g/mol. The molecule has 3 aromatic heterocycles. The molecule has 0 bridgehead atoms. The maximum Gasteiger partial charge on any atom is 0.218 e. The summed E-state index contributed by atoms with van der Waals surface area (Å²) >= 11 is 5.97. The number of H-pyrrole nitrogens is 1. The predicted octanol–water partition coefficient (Wildman–Crippen LogP) is 5.03. The van der Waals surface area contributed by atoms with E-state index in [1.165, 1.54) is 19.4 Å². The van der Waals surface area contributed by atoms with Gasteiger partial charge in [0.2, 0.25) is 5.88 Å². The molecule has 0 amide bonds. The summed E-state index contributed by atoms with van der Waals surface area (Å²) in [7, 11) is 1.48.